The Morgan fingerprint density at radius 3 is 2.49 bits per heavy atom. The van der Waals surface area contributed by atoms with Crippen molar-refractivity contribution >= 4 is 18.0 Å². The van der Waals surface area contributed by atoms with Crippen LogP contribution in [0, 0.1) is 5.92 Å². The quantitative estimate of drug-likeness (QED) is 0.0873. The summed E-state index contributed by atoms with van der Waals surface area (Å²) in [4.78, 5) is 38.8. The molecule has 4 heterocycles. The molecule has 4 fully saturated rings. The lowest BCUT2D eigenvalue weighted by atomic mass is 9.87. The van der Waals surface area contributed by atoms with Gasteiger partial charge in [0.1, 0.15) is 23.9 Å². The van der Waals surface area contributed by atoms with Crippen LogP contribution >= 0.6 is 0 Å². The predicted octanol–water partition coefficient (Wildman–Crippen LogP) is 5.00. The number of piperidine rings is 1. The van der Waals surface area contributed by atoms with Crippen LogP contribution in [-0.2, 0) is 42.7 Å². The fourth-order valence-electron chi connectivity index (χ4n) is 6.87. The van der Waals surface area contributed by atoms with E-state index >= 15 is 0 Å². The smallest absolute Gasteiger partial charge is 0.410 e. The third kappa shape index (κ3) is 11.6. The Hall–Kier alpha value is -2.77. The molecule has 276 valence electrons. The lowest BCUT2D eigenvalue weighted by molar-refractivity contribution is -0.227. The molecular weight excluding hydrogens is 632 g/mol. The van der Waals surface area contributed by atoms with Crippen molar-refractivity contribution in [2.24, 2.45) is 5.92 Å². The highest BCUT2D eigenvalue weighted by Crippen LogP contribution is 2.45. The fourth-order valence-corrected chi connectivity index (χ4v) is 6.87. The number of carbonyl (C=O) groups excluding carboxylic acids is 3. The zero-order valence-electron chi connectivity index (χ0n) is 30.4. The average Bonchev–Trinajstić information content (AvgIpc) is 3.84. The molecule has 4 aliphatic heterocycles. The number of epoxide rings is 1. The van der Waals surface area contributed by atoms with Gasteiger partial charge in [-0.25, -0.2) is 4.79 Å². The number of nitrogens with one attached hydrogen (secondary N) is 1. The first-order valence-electron chi connectivity index (χ1n) is 18.0. The molecule has 1 N–H and O–H groups in total. The minimum atomic E-state index is -0.518. The van der Waals surface area contributed by atoms with Gasteiger partial charge in [0, 0.05) is 32.2 Å². The standard InChI is InChI=1S/C37H58N2O10/c1-8-44-28(6)48-35-32(49-29(21-34(41)43-7)22-37(35)23-45-37)16-13-24(2)12-15-31-25(3)20-30(27(5)47-31)38-33(40)17-14-26(4)46-36(42)39-18-10-9-11-19-39/h12-14,16-17,25-32,35H,8-11,15,18-23H2,1-7H3,(H,38,40)/b16-13+,17-14?,24-12+/t25-,26?,27+,28?,29+,30+,31-,32+,35+,37+/m0/s1. The molecule has 0 saturated carbocycles. The van der Waals surface area contributed by atoms with E-state index in [2.05, 4.69) is 18.3 Å². The number of amides is 2. The summed E-state index contributed by atoms with van der Waals surface area (Å²) in [7, 11) is 1.38. The van der Waals surface area contributed by atoms with Crippen LogP contribution in [0.5, 0.6) is 0 Å². The number of methoxy groups -OCH3 is 1. The van der Waals surface area contributed by atoms with Crippen molar-refractivity contribution < 1.29 is 47.5 Å². The van der Waals surface area contributed by atoms with Crippen LogP contribution in [0.15, 0.2) is 36.0 Å². The molecule has 10 atom stereocenters. The number of hydrogen-bond donors (Lipinski definition) is 1. The molecule has 0 aromatic carbocycles. The summed E-state index contributed by atoms with van der Waals surface area (Å²) >= 11 is 0. The first-order chi connectivity index (χ1) is 23.4. The molecule has 1 spiro atoms. The van der Waals surface area contributed by atoms with Crippen molar-refractivity contribution in [3.05, 3.63) is 36.0 Å². The zero-order valence-corrected chi connectivity index (χ0v) is 30.4. The van der Waals surface area contributed by atoms with Crippen molar-refractivity contribution in [3.63, 3.8) is 0 Å². The molecule has 12 heteroatoms. The van der Waals surface area contributed by atoms with E-state index in [1.165, 1.54) is 13.2 Å². The van der Waals surface area contributed by atoms with Gasteiger partial charge in [-0.05, 0) is 78.7 Å². The number of nitrogens with zero attached hydrogens (tertiary/aromatic N) is 1. The van der Waals surface area contributed by atoms with E-state index in [4.69, 9.17) is 33.2 Å². The van der Waals surface area contributed by atoms with Crippen molar-refractivity contribution in [2.45, 2.75) is 141 Å². The normalized spacial score (nSPS) is 33.4. The monoisotopic (exact) mass is 690 g/mol. The average molecular weight is 691 g/mol. The molecular formula is C37H58N2O10. The van der Waals surface area contributed by atoms with Gasteiger partial charge in [0.15, 0.2) is 6.29 Å². The lowest BCUT2D eigenvalue weighted by Crippen LogP contribution is -2.53. The van der Waals surface area contributed by atoms with Crippen molar-refractivity contribution in [1.82, 2.24) is 10.2 Å². The van der Waals surface area contributed by atoms with E-state index < -0.39 is 24.1 Å². The number of esters is 1. The molecule has 4 saturated heterocycles. The van der Waals surface area contributed by atoms with Gasteiger partial charge in [-0.3, -0.25) is 9.59 Å². The third-order valence-corrected chi connectivity index (χ3v) is 9.80. The van der Waals surface area contributed by atoms with Crippen molar-refractivity contribution in [2.75, 3.05) is 33.4 Å². The Morgan fingerprint density at radius 2 is 1.82 bits per heavy atom. The second kappa shape index (κ2) is 18.5. The lowest BCUT2D eigenvalue weighted by Gasteiger charge is -2.40. The van der Waals surface area contributed by atoms with E-state index in [9.17, 15) is 14.4 Å². The Bertz CT molecular complexity index is 1190. The molecule has 0 aromatic rings. The summed E-state index contributed by atoms with van der Waals surface area (Å²) in [5.74, 6) is -0.340. The van der Waals surface area contributed by atoms with Gasteiger partial charge in [-0.15, -0.1) is 0 Å². The summed E-state index contributed by atoms with van der Waals surface area (Å²) < 4.78 is 41.0. The summed E-state index contributed by atoms with van der Waals surface area (Å²) in [6.45, 7) is 14.2. The number of carbonyl (C=O) groups is 3. The molecule has 0 radical (unpaired) electrons. The van der Waals surface area contributed by atoms with E-state index in [1.54, 1.807) is 17.9 Å². The van der Waals surface area contributed by atoms with Gasteiger partial charge in [0.25, 0.3) is 0 Å². The molecule has 4 aliphatic rings. The highest BCUT2D eigenvalue weighted by molar-refractivity contribution is 5.87. The number of allylic oxidation sites excluding steroid dienone is 2. The van der Waals surface area contributed by atoms with E-state index in [0.717, 1.165) is 44.3 Å². The maximum atomic E-state index is 12.7. The van der Waals surface area contributed by atoms with Gasteiger partial charge >= 0.3 is 12.1 Å². The minimum Gasteiger partial charge on any atom is -0.469 e. The summed E-state index contributed by atoms with van der Waals surface area (Å²) in [6, 6.07) is -0.131. The van der Waals surface area contributed by atoms with Gasteiger partial charge in [-0.2, -0.15) is 0 Å². The van der Waals surface area contributed by atoms with Crippen LogP contribution in [-0.4, -0.2) is 111 Å². The van der Waals surface area contributed by atoms with Crippen LogP contribution < -0.4 is 5.32 Å². The maximum absolute atomic E-state index is 12.7. The number of hydrogen-bond acceptors (Lipinski definition) is 10. The molecule has 2 amide bonds. The van der Waals surface area contributed by atoms with E-state index in [1.807, 2.05) is 39.8 Å². The van der Waals surface area contributed by atoms with Gasteiger partial charge < -0.3 is 43.4 Å². The number of rotatable bonds is 14. The van der Waals surface area contributed by atoms with Crippen LogP contribution in [0.4, 0.5) is 4.79 Å². The van der Waals surface area contributed by atoms with Gasteiger partial charge in [0.2, 0.25) is 5.91 Å². The first-order valence-corrected chi connectivity index (χ1v) is 18.0. The molecule has 0 aromatic heterocycles. The van der Waals surface area contributed by atoms with Crippen LogP contribution in [0.1, 0.15) is 86.5 Å². The van der Waals surface area contributed by atoms with Crippen molar-refractivity contribution in [1.29, 1.82) is 0 Å². The van der Waals surface area contributed by atoms with Crippen LogP contribution in [0.3, 0.4) is 0 Å². The van der Waals surface area contributed by atoms with Gasteiger partial charge in [-0.1, -0.05) is 30.7 Å². The SMILES string of the molecule is CCOC(C)O[C@@H]1[C@@H](/C=C/C(C)=C/C[C@@H]2O[C@H](C)[C@H](NC(=O)C=CC(C)OC(=O)N3CCCCC3)C[C@@H]2C)O[C@H](CC(=O)OC)C[C@@]12CO2. The van der Waals surface area contributed by atoms with E-state index in [0.29, 0.717) is 26.1 Å². The van der Waals surface area contributed by atoms with E-state index in [-0.39, 0.29) is 60.8 Å². The highest BCUT2D eigenvalue weighted by atomic mass is 16.7. The Balaban J connectivity index is 1.28. The number of ether oxygens (including phenoxy) is 7. The second-order valence-electron chi connectivity index (χ2n) is 13.9. The molecule has 4 rings (SSSR count). The molecule has 49 heavy (non-hydrogen) atoms. The zero-order chi connectivity index (χ0) is 35.6. The molecule has 0 bridgehead atoms. The predicted molar refractivity (Wildman–Crippen MR) is 183 cm³/mol. The van der Waals surface area contributed by atoms with Crippen LogP contribution in [0.2, 0.25) is 0 Å². The molecule has 12 nitrogen and oxygen atoms in total. The van der Waals surface area contributed by atoms with Crippen LogP contribution in [0.25, 0.3) is 0 Å². The van der Waals surface area contributed by atoms with Gasteiger partial charge in [0.05, 0.1) is 44.5 Å². The highest BCUT2D eigenvalue weighted by Gasteiger charge is 2.60. The Labute approximate surface area is 291 Å². The minimum absolute atomic E-state index is 0.00195. The third-order valence-electron chi connectivity index (χ3n) is 9.80. The number of likely N-dealkylation sites (tertiary alicyclic amines) is 1. The summed E-state index contributed by atoms with van der Waals surface area (Å²) in [6.07, 6.45) is 11.9. The fraction of sp³-hybridized carbons (Fsp3) is 0.757. The molecule has 2 unspecified atom stereocenters. The molecule has 0 aliphatic carbocycles. The second-order valence-corrected chi connectivity index (χ2v) is 13.9. The Morgan fingerprint density at radius 1 is 1.08 bits per heavy atom. The Kier molecular flexibility index (Phi) is 14.7. The topological polar surface area (TPSA) is 134 Å². The first kappa shape index (κ1) is 39.0. The van der Waals surface area contributed by atoms with Crippen molar-refractivity contribution in [3.8, 4) is 0 Å². The summed E-state index contributed by atoms with van der Waals surface area (Å²) in [5.41, 5.74) is 0.524. The summed E-state index contributed by atoms with van der Waals surface area (Å²) in [5, 5.41) is 3.07. The largest absolute Gasteiger partial charge is 0.469 e. The maximum Gasteiger partial charge on any atom is 0.410 e.